The second-order valence-corrected chi connectivity index (χ2v) is 11.6. The van der Waals surface area contributed by atoms with E-state index in [4.69, 9.17) is 4.74 Å². The van der Waals surface area contributed by atoms with Crippen molar-refractivity contribution < 1.29 is 76.1 Å². The number of rotatable bonds is 16. The van der Waals surface area contributed by atoms with Crippen LogP contribution < -0.4 is 34.9 Å². The van der Waals surface area contributed by atoms with Crippen molar-refractivity contribution in [3.63, 3.8) is 0 Å². The van der Waals surface area contributed by atoms with Gasteiger partial charge in [-0.25, -0.2) is 18.2 Å². The molecule has 1 N–H and O–H groups in total. The van der Waals surface area contributed by atoms with Crippen molar-refractivity contribution in [2.45, 2.75) is 55.2 Å². The topological polar surface area (TPSA) is 189 Å². The summed E-state index contributed by atoms with van der Waals surface area (Å²) < 4.78 is 37.9. The molecule has 3 amide bonds. The molecule has 1 fully saturated rings. The smallest absolute Gasteiger partial charge is 0.747 e. The summed E-state index contributed by atoms with van der Waals surface area (Å²) in [5.74, 6) is -3.44. The molecule has 0 aromatic carbocycles. The Balaban J connectivity index is 0.00000722. The largest absolute Gasteiger partial charge is 1.00 e. The maximum absolute atomic E-state index is 11.8. The molecule has 0 bridgehead atoms. The Morgan fingerprint density at radius 2 is 1.82 bits per heavy atom. The summed E-state index contributed by atoms with van der Waals surface area (Å²) in [5.41, 5.74) is 0. The number of amides is 3. The number of aromatic nitrogens is 1. The van der Waals surface area contributed by atoms with Crippen molar-refractivity contribution in [3.05, 3.63) is 24.4 Å². The molecule has 1 atom stereocenters. The Labute approximate surface area is 249 Å². The minimum Gasteiger partial charge on any atom is -0.747 e. The molecule has 1 aliphatic rings. The van der Waals surface area contributed by atoms with Crippen LogP contribution >= 0.6 is 21.6 Å². The van der Waals surface area contributed by atoms with E-state index in [1.807, 2.05) is 18.2 Å². The van der Waals surface area contributed by atoms with E-state index in [1.165, 1.54) is 21.6 Å². The van der Waals surface area contributed by atoms with Crippen LogP contribution in [0.15, 0.2) is 29.4 Å². The van der Waals surface area contributed by atoms with Crippen molar-refractivity contribution in [2.24, 2.45) is 0 Å². The standard InChI is InChI=1S/C21H27N3O10S3.Na/c25-16(9-13-35-36-17-6-3-4-10-23-17)22-11-5-12-33-19(27)7-1-2-8-20(28)34-24-18(26)14-15(21(24)29)37(30,31)32;/h3-4,6,10,15H,1-2,5,7-9,11-14H2,(H,22,25)(H,30,31,32);/q;+1/p-1. The normalized spacial score (nSPS) is 15.1. The average Bonchev–Trinajstić information content (AvgIpc) is 3.13. The summed E-state index contributed by atoms with van der Waals surface area (Å²) in [6.07, 6.45) is 1.83. The zero-order valence-electron chi connectivity index (χ0n) is 20.7. The number of unbranched alkanes of at least 4 members (excludes halogenated alkanes) is 1. The number of esters is 1. The van der Waals surface area contributed by atoms with Crippen molar-refractivity contribution in [2.75, 3.05) is 18.9 Å². The van der Waals surface area contributed by atoms with E-state index in [2.05, 4.69) is 15.1 Å². The molecular formula is C21H26N3NaO10S3. The number of hydrogen-bond acceptors (Lipinski definition) is 13. The van der Waals surface area contributed by atoms with E-state index in [9.17, 15) is 36.9 Å². The molecule has 2 heterocycles. The number of nitrogens with zero attached hydrogens (tertiary/aromatic N) is 2. The number of hydroxylamine groups is 2. The van der Waals surface area contributed by atoms with E-state index < -0.39 is 45.5 Å². The molecule has 1 aromatic rings. The number of imide groups is 1. The Hall–Kier alpha value is -1.69. The first-order valence-electron chi connectivity index (χ1n) is 11.2. The number of nitrogens with one attached hydrogen (secondary N) is 1. The molecule has 2 rings (SSSR count). The van der Waals surface area contributed by atoms with Gasteiger partial charge in [-0.05, 0) is 42.2 Å². The third-order valence-electron chi connectivity index (χ3n) is 4.72. The van der Waals surface area contributed by atoms with Crippen molar-refractivity contribution in [1.29, 1.82) is 0 Å². The van der Waals surface area contributed by atoms with Gasteiger partial charge in [0.05, 0.1) is 13.0 Å². The van der Waals surface area contributed by atoms with Crippen LogP contribution in [-0.4, -0.2) is 76.8 Å². The fourth-order valence-corrected chi connectivity index (χ4v) is 5.43. The zero-order valence-corrected chi connectivity index (χ0v) is 25.1. The SMILES string of the molecule is O=C(CCSSc1ccccn1)NCCCOC(=O)CCCCC(=O)ON1C(=O)CC(S(=O)(=O)[O-])C1=O.[Na+]. The summed E-state index contributed by atoms with van der Waals surface area (Å²) in [6.45, 7) is 0.479. The summed E-state index contributed by atoms with van der Waals surface area (Å²) in [7, 11) is -2.01. The third kappa shape index (κ3) is 12.9. The van der Waals surface area contributed by atoms with Gasteiger partial charge in [0.15, 0.2) is 0 Å². The van der Waals surface area contributed by atoms with Crippen LogP contribution in [0.25, 0.3) is 0 Å². The summed E-state index contributed by atoms with van der Waals surface area (Å²) in [6, 6.07) is 5.61. The van der Waals surface area contributed by atoms with E-state index in [-0.39, 0.29) is 72.8 Å². The van der Waals surface area contributed by atoms with Crippen LogP contribution in [0.4, 0.5) is 0 Å². The van der Waals surface area contributed by atoms with Crippen LogP contribution in [0.5, 0.6) is 0 Å². The fourth-order valence-electron chi connectivity index (χ4n) is 2.87. The zero-order chi connectivity index (χ0) is 27.3. The van der Waals surface area contributed by atoms with Gasteiger partial charge >= 0.3 is 41.5 Å². The van der Waals surface area contributed by atoms with Crippen molar-refractivity contribution in [3.8, 4) is 0 Å². The summed E-state index contributed by atoms with van der Waals surface area (Å²) >= 11 is 0. The van der Waals surface area contributed by atoms with Gasteiger partial charge in [0.1, 0.15) is 20.4 Å². The van der Waals surface area contributed by atoms with Crippen molar-refractivity contribution in [1.82, 2.24) is 15.4 Å². The predicted octanol–water partition coefficient (Wildman–Crippen LogP) is -2.04. The molecule has 1 unspecified atom stereocenters. The Bertz CT molecular complexity index is 1080. The van der Waals surface area contributed by atoms with Crippen LogP contribution in [0, 0.1) is 0 Å². The van der Waals surface area contributed by atoms with Gasteiger partial charge in [0.25, 0.3) is 11.8 Å². The number of ether oxygens (including phenoxy) is 1. The number of hydrogen-bond donors (Lipinski definition) is 1. The van der Waals surface area contributed by atoms with E-state index in [0.717, 1.165) is 5.03 Å². The molecule has 1 aliphatic heterocycles. The molecular weight excluding hydrogens is 573 g/mol. The second kappa shape index (κ2) is 17.8. The first kappa shape index (κ1) is 34.3. The summed E-state index contributed by atoms with van der Waals surface area (Å²) in [4.78, 5) is 67.5. The molecule has 0 radical (unpaired) electrons. The fraction of sp³-hybridized carbons (Fsp3) is 0.524. The molecule has 1 aromatic heterocycles. The Kier molecular flexibility index (Phi) is 16.1. The molecule has 1 saturated heterocycles. The van der Waals surface area contributed by atoms with Crippen LogP contribution in [0.3, 0.4) is 0 Å². The Morgan fingerprint density at radius 3 is 2.45 bits per heavy atom. The first-order valence-corrected chi connectivity index (χ1v) is 15.0. The van der Waals surface area contributed by atoms with E-state index in [0.29, 0.717) is 25.1 Å². The van der Waals surface area contributed by atoms with Gasteiger partial charge in [-0.15, -0.1) is 5.06 Å². The van der Waals surface area contributed by atoms with Gasteiger partial charge in [-0.3, -0.25) is 19.2 Å². The first-order chi connectivity index (χ1) is 17.6. The average molecular weight is 600 g/mol. The minimum absolute atomic E-state index is 0. The van der Waals surface area contributed by atoms with Gasteiger partial charge in [-0.1, -0.05) is 16.9 Å². The second-order valence-electron chi connectivity index (χ2n) is 7.63. The quantitative estimate of drug-likeness (QED) is 0.0547. The van der Waals surface area contributed by atoms with Gasteiger partial charge in [0, 0.05) is 37.8 Å². The third-order valence-corrected chi connectivity index (χ3v) is 8.05. The van der Waals surface area contributed by atoms with Gasteiger partial charge in [0.2, 0.25) is 5.91 Å². The van der Waals surface area contributed by atoms with E-state index >= 15 is 0 Å². The van der Waals surface area contributed by atoms with Crippen LogP contribution in [0.2, 0.25) is 0 Å². The van der Waals surface area contributed by atoms with E-state index in [1.54, 1.807) is 6.20 Å². The number of carbonyl (C=O) groups is 5. The molecule has 17 heteroatoms. The monoisotopic (exact) mass is 599 g/mol. The number of pyridine rings is 1. The maximum atomic E-state index is 11.8. The maximum Gasteiger partial charge on any atom is 1.00 e. The minimum atomic E-state index is -5.04. The summed E-state index contributed by atoms with van der Waals surface area (Å²) in [5, 5.41) is 1.51. The van der Waals surface area contributed by atoms with Crippen LogP contribution in [0.1, 0.15) is 44.9 Å². The van der Waals surface area contributed by atoms with Gasteiger partial charge in [-0.2, -0.15) is 0 Å². The van der Waals surface area contributed by atoms with Crippen molar-refractivity contribution >= 4 is 61.4 Å². The molecule has 0 spiro atoms. The molecule has 0 aliphatic carbocycles. The molecule has 38 heavy (non-hydrogen) atoms. The predicted molar refractivity (Wildman–Crippen MR) is 130 cm³/mol. The Morgan fingerprint density at radius 1 is 1.11 bits per heavy atom. The number of carbonyl (C=O) groups excluding carboxylic acids is 5. The molecule has 13 nitrogen and oxygen atoms in total. The van der Waals surface area contributed by atoms with Gasteiger partial charge < -0.3 is 19.4 Å². The molecule has 204 valence electrons. The van der Waals surface area contributed by atoms with Crippen LogP contribution in [-0.2, 0) is 43.7 Å². The molecule has 0 saturated carbocycles.